The SMILES string of the molecule is CC(CN)CCC(=O)Nc1c(F)cc(F)cc1Cl. The van der Waals surface area contributed by atoms with Gasteiger partial charge in [-0.05, 0) is 24.9 Å². The lowest BCUT2D eigenvalue weighted by Crippen LogP contribution is -2.17. The molecule has 1 unspecified atom stereocenters. The fraction of sp³-hybridized carbons (Fsp3) is 0.417. The van der Waals surface area contributed by atoms with E-state index in [9.17, 15) is 13.6 Å². The normalized spacial score (nSPS) is 12.3. The van der Waals surface area contributed by atoms with Gasteiger partial charge in [-0.1, -0.05) is 18.5 Å². The second kappa shape index (κ2) is 6.66. The van der Waals surface area contributed by atoms with E-state index in [4.69, 9.17) is 17.3 Å². The Hall–Kier alpha value is -1.20. The molecule has 3 nitrogen and oxygen atoms in total. The molecule has 1 aromatic rings. The van der Waals surface area contributed by atoms with Crippen molar-refractivity contribution >= 4 is 23.2 Å². The Kier molecular flexibility index (Phi) is 5.50. The number of anilines is 1. The van der Waals surface area contributed by atoms with Gasteiger partial charge in [-0.3, -0.25) is 4.79 Å². The lowest BCUT2D eigenvalue weighted by atomic mass is 10.1. The molecule has 1 atom stereocenters. The molecular formula is C12H15ClF2N2O. The smallest absolute Gasteiger partial charge is 0.224 e. The molecule has 0 saturated heterocycles. The van der Waals surface area contributed by atoms with Crippen LogP contribution in [-0.2, 0) is 4.79 Å². The van der Waals surface area contributed by atoms with E-state index in [0.717, 1.165) is 6.07 Å². The molecule has 0 aromatic heterocycles. The number of carbonyl (C=O) groups excluding carboxylic acids is 1. The van der Waals surface area contributed by atoms with Crippen molar-refractivity contribution in [1.29, 1.82) is 0 Å². The van der Waals surface area contributed by atoms with E-state index < -0.39 is 11.6 Å². The van der Waals surface area contributed by atoms with Gasteiger partial charge in [-0.15, -0.1) is 0 Å². The van der Waals surface area contributed by atoms with Crippen molar-refractivity contribution in [2.75, 3.05) is 11.9 Å². The zero-order valence-corrected chi connectivity index (χ0v) is 10.7. The number of halogens is 3. The molecule has 6 heteroatoms. The van der Waals surface area contributed by atoms with Crippen molar-refractivity contribution in [2.24, 2.45) is 11.7 Å². The number of benzene rings is 1. The van der Waals surface area contributed by atoms with Crippen LogP contribution in [0.5, 0.6) is 0 Å². The molecule has 0 aliphatic heterocycles. The Morgan fingerprint density at radius 3 is 2.72 bits per heavy atom. The molecule has 0 saturated carbocycles. The molecule has 100 valence electrons. The van der Waals surface area contributed by atoms with Crippen molar-refractivity contribution in [1.82, 2.24) is 0 Å². The van der Waals surface area contributed by atoms with Gasteiger partial charge in [0, 0.05) is 12.5 Å². The summed E-state index contributed by atoms with van der Waals surface area (Å²) in [6.07, 6.45) is 0.814. The second-order valence-corrected chi connectivity index (χ2v) is 4.58. The molecule has 1 aromatic carbocycles. The number of rotatable bonds is 5. The van der Waals surface area contributed by atoms with Gasteiger partial charge in [0.15, 0.2) is 5.82 Å². The van der Waals surface area contributed by atoms with Gasteiger partial charge in [0.25, 0.3) is 0 Å². The highest BCUT2D eigenvalue weighted by Crippen LogP contribution is 2.26. The maximum Gasteiger partial charge on any atom is 0.224 e. The maximum atomic E-state index is 13.4. The summed E-state index contributed by atoms with van der Waals surface area (Å²) in [6, 6.07) is 1.62. The molecule has 0 fully saturated rings. The Labute approximate surface area is 109 Å². The molecule has 18 heavy (non-hydrogen) atoms. The minimum Gasteiger partial charge on any atom is -0.330 e. The molecular weight excluding hydrogens is 262 g/mol. The zero-order chi connectivity index (χ0) is 13.7. The summed E-state index contributed by atoms with van der Waals surface area (Å²) in [5.41, 5.74) is 5.23. The van der Waals surface area contributed by atoms with E-state index in [1.165, 1.54) is 0 Å². The monoisotopic (exact) mass is 276 g/mol. The Morgan fingerprint density at radius 1 is 1.50 bits per heavy atom. The summed E-state index contributed by atoms with van der Waals surface area (Å²) in [5.74, 6) is -1.83. The van der Waals surface area contributed by atoms with Crippen LogP contribution >= 0.6 is 11.6 Å². The first-order valence-corrected chi connectivity index (χ1v) is 5.96. The van der Waals surface area contributed by atoms with Gasteiger partial charge in [-0.25, -0.2) is 8.78 Å². The van der Waals surface area contributed by atoms with Gasteiger partial charge in [0.2, 0.25) is 5.91 Å². The number of hydrogen-bond acceptors (Lipinski definition) is 2. The minimum atomic E-state index is -0.889. The van der Waals surface area contributed by atoms with Crippen LogP contribution in [0.3, 0.4) is 0 Å². The van der Waals surface area contributed by atoms with E-state index in [1.807, 2.05) is 6.92 Å². The predicted molar refractivity (Wildman–Crippen MR) is 67.5 cm³/mol. The zero-order valence-electron chi connectivity index (χ0n) is 9.97. The van der Waals surface area contributed by atoms with Crippen molar-refractivity contribution < 1.29 is 13.6 Å². The van der Waals surface area contributed by atoms with Crippen LogP contribution in [0.4, 0.5) is 14.5 Å². The van der Waals surface area contributed by atoms with Crippen LogP contribution in [0.25, 0.3) is 0 Å². The summed E-state index contributed by atoms with van der Waals surface area (Å²) in [6.45, 7) is 2.40. The maximum absolute atomic E-state index is 13.4. The summed E-state index contributed by atoms with van der Waals surface area (Å²) in [4.78, 5) is 11.6. The predicted octanol–water partition coefficient (Wildman–Crippen LogP) is 2.93. The topological polar surface area (TPSA) is 55.1 Å². The average molecular weight is 277 g/mol. The number of amides is 1. The van der Waals surface area contributed by atoms with Gasteiger partial charge < -0.3 is 11.1 Å². The lowest BCUT2D eigenvalue weighted by molar-refractivity contribution is -0.116. The lowest BCUT2D eigenvalue weighted by Gasteiger charge is -2.10. The summed E-state index contributed by atoms with van der Waals surface area (Å²) < 4.78 is 26.2. The van der Waals surface area contributed by atoms with Gasteiger partial charge in [-0.2, -0.15) is 0 Å². The molecule has 0 aliphatic rings. The Bertz CT molecular complexity index is 417. The Balaban J connectivity index is 2.65. The second-order valence-electron chi connectivity index (χ2n) is 4.17. The first-order chi connectivity index (χ1) is 8.43. The van der Waals surface area contributed by atoms with Crippen LogP contribution in [0.2, 0.25) is 5.02 Å². The number of nitrogens with two attached hydrogens (primary N) is 1. The van der Waals surface area contributed by atoms with E-state index in [0.29, 0.717) is 19.0 Å². The van der Waals surface area contributed by atoms with E-state index in [1.54, 1.807) is 0 Å². The largest absolute Gasteiger partial charge is 0.330 e. The van der Waals surface area contributed by atoms with Crippen LogP contribution in [0.15, 0.2) is 12.1 Å². The summed E-state index contributed by atoms with van der Waals surface area (Å²) in [7, 11) is 0. The van der Waals surface area contributed by atoms with Crippen LogP contribution in [0, 0.1) is 17.6 Å². The van der Waals surface area contributed by atoms with E-state index >= 15 is 0 Å². The number of nitrogens with one attached hydrogen (secondary N) is 1. The van der Waals surface area contributed by atoms with E-state index in [-0.39, 0.29) is 29.0 Å². The standard InChI is InChI=1S/C12H15ClF2N2O/c1-7(6-16)2-3-11(18)17-12-9(13)4-8(14)5-10(12)15/h4-5,7H,2-3,6,16H2,1H3,(H,17,18). The van der Waals surface area contributed by atoms with Gasteiger partial charge in [0.1, 0.15) is 5.82 Å². The third kappa shape index (κ3) is 4.23. The number of hydrogen-bond donors (Lipinski definition) is 2. The van der Waals surface area contributed by atoms with E-state index in [2.05, 4.69) is 5.32 Å². The molecule has 0 bridgehead atoms. The van der Waals surface area contributed by atoms with Crippen LogP contribution in [0.1, 0.15) is 19.8 Å². The summed E-state index contributed by atoms with van der Waals surface area (Å²) in [5, 5.41) is 2.17. The fourth-order valence-electron chi connectivity index (χ4n) is 1.36. The van der Waals surface area contributed by atoms with Crippen LogP contribution < -0.4 is 11.1 Å². The van der Waals surface area contributed by atoms with Crippen molar-refractivity contribution in [3.63, 3.8) is 0 Å². The first-order valence-electron chi connectivity index (χ1n) is 5.58. The molecule has 0 aliphatic carbocycles. The highest BCUT2D eigenvalue weighted by atomic mass is 35.5. The van der Waals surface area contributed by atoms with Crippen molar-refractivity contribution in [3.05, 3.63) is 28.8 Å². The molecule has 1 rings (SSSR count). The quantitative estimate of drug-likeness (QED) is 0.869. The summed E-state index contributed by atoms with van der Waals surface area (Å²) >= 11 is 5.65. The molecule has 3 N–H and O–H groups in total. The molecule has 0 heterocycles. The Morgan fingerprint density at radius 2 is 2.17 bits per heavy atom. The fourth-order valence-corrected chi connectivity index (χ4v) is 1.60. The molecule has 0 radical (unpaired) electrons. The molecule has 1 amide bonds. The molecule has 0 spiro atoms. The highest BCUT2D eigenvalue weighted by Gasteiger charge is 2.13. The first kappa shape index (κ1) is 14.9. The van der Waals surface area contributed by atoms with Crippen molar-refractivity contribution in [3.8, 4) is 0 Å². The van der Waals surface area contributed by atoms with Crippen LogP contribution in [-0.4, -0.2) is 12.5 Å². The van der Waals surface area contributed by atoms with Crippen molar-refractivity contribution in [2.45, 2.75) is 19.8 Å². The number of carbonyl (C=O) groups is 1. The third-order valence-corrected chi connectivity index (χ3v) is 2.84. The third-order valence-electron chi connectivity index (χ3n) is 2.54. The van der Waals surface area contributed by atoms with Gasteiger partial charge in [0.05, 0.1) is 10.7 Å². The van der Waals surface area contributed by atoms with Gasteiger partial charge >= 0.3 is 0 Å². The highest BCUT2D eigenvalue weighted by molar-refractivity contribution is 6.33. The average Bonchev–Trinajstić information content (AvgIpc) is 2.30. The minimum absolute atomic E-state index is 0.160.